The number of carbonyl (C=O) groups is 1. The van der Waals surface area contributed by atoms with Gasteiger partial charge in [0.05, 0.1) is 12.5 Å². The Labute approximate surface area is 185 Å². The molecule has 2 aliphatic rings. The van der Waals surface area contributed by atoms with E-state index in [1.807, 2.05) is 60.9 Å². The van der Waals surface area contributed by atoms with Crippen molar-refractivity contribution in [1.82, 2.24) is 10.3 Å². The largest absolute Gasteiger partial charge is 0.496 e. The standard InChI is InChI=1S/C22H17BrN4O2S/c1-29-18-10-8-15(13-5-3-4-6-14(13)18)20-24-17-9-7-12(23)11-16(17)19-21(28)25-22(30-2)26-27(19)20/h3-11,20H,1-2H3,(H,25,26,28)/t20-/m1/s1. The Morgan fingerprint density at radius 1 is 1.13 bits per heavy atom. The Kier molecular flexibility index (Phi) is 4.75. The molecule has 2 aliphatic heterocycles. The minimum atomic E-state index is -0.474. The summed E-state index contributed by atoms with van der Waals surface area (Å²) in [7, 11) is 1.66. The lowest BCUT2D eigenvalue weighted by molar-refractivity contribution is -0.116. The predicted molar refractivity (Wildman–Crippen MR) is 123 cm³/mol. The van der Waals surface area contributed by atoms with Gasteiger partial charge in [0.2, 0.25) is 0 Å². The van der Waals surface area contributed by atoms with Gasteiger partial charge in [-0.2, -0.15) is 0 Å². The highest BCUT2D eigenvalue weighted by atomic mass is 79.9. The van der Waals surface area contributed by atoms with Gasteiger partial charge < -0.3 is 4.74 Å². The lowest BCUT2D eigenvalue weighted by Crippen LogP contribution is -2.50. The van der Waals surface area contributed by atoms with Gasteiger partial charge in [0.1, 0.15) is 11.4 Å². The molecule has 150 valence electrons. The first-order valence-electron chi connectivity index (χ1n) is 9.27. The first-order valence-corrected chi connectivity index (χ1v) is 11.3. The fraction of sp³-hybridized carbons (Fsp3) is 0.136. The average Bonchev–Trinajstić information content (AvgIpc) is 2.77. The van der Waals surface area contributed by atoms with Crippen LogP contribution in [0.1, 0.15) is 11.7 Å². The molecule has 0 radical (unpaired) electrons. The van der Waals surface area contributed by atoms with E-state index in [9.17, 15) is 4.79 Å². The Morgan fingerprint density at radius 3 is 2.70 bits per heavy atom. The van der Waals surface area contributed by atoms with Crippen LogP contribution in [0.25, 0.3) is 16.5 Å². The molecule has 8 heteroatoms. The van der Waals surface area contributed by atoms with Crippen LogP contribution in [-0.4, -0.2) is 29.4 Å². The van der Waals surface area contributed by atoms with Gasteiger partial charge in [-0.3, -0.25) is 15.1 Å². The van der Waals surface area contributed by atoms with E-state index in [1.165, 1.54) is 11.8 Å². The number of fused-ring (bicyclic) bond motifs is 3. The molecule has 0 saturated heterocycles. The highest BCUT2D eigenvalue weighted by Gasteiger charge is 2.35. The topological polar surface area (TPSA) is 66.3 Å². The maximum Gasteiger partial charge on any atom is 0.276 e. The summed E-state index contributed by atoms with van der Waals surface area (Å²) in [5.74, 6) is 0.606. The van der Waals surface area contributed by atoms with Crippen LogP contribution < -0.4 is 20.6 Å². The van der Waals surface area contributed by atoms with E-state index >= 15 is 0 Å². The van der Waals surface area contributed by atoms with E-state index in [1.54, 1.807) is 12.1 Å². The molecule has 5 rings (SSSR count). The Bertz CT molecular complexity index is 1350. The number of carbonyl (C=O) groups excluding carboxylic acids is 1. The molecule has 30 heavy (non-hydrogen) atoms. The molecule has 0 fully saturated rings. The highest BCUT2D eigenvalue weighted by Crippen LogP contribution is 2.37. The van der Waals surface area contributed by atoms with Crippen LogP contribution in [0.4, 0.5) is 0 Å². The van der Waals surface area contributed by atoms with Crippen molar-refractivity contribution >= 4 is 55.2 Å². The Hall–Kier alpha value is -2.84. The van der Waals surface area contributed by atoms with Crippen molar-refractivity contribution in [2.75, 3.05) is 13.4 Å². The van der Waals surface area contributed by atoms with Crippen LogP contribution in [0, 0.1) is 0 Å². The van der Waals surface area contributed by atoms with Gasteiger partial charge in [0.15, 0.2) is 11.3 Å². The summed E-state index contributed by atoms with van der Waals surface area (Å²) in [5.41, 5.74) is 1.44. The number of methoxy groups -OCH3 is 1. The molecule has 3 aromatic rings. The molecule has 0 spiro atoms. The SMILES string of the molecule is COc1ccc([C@@H]2N=c3ccc(Br)cc3=C3C(=O)NC(SC)=NN32)c2ccccc12. The van der Waals surface area contributed by atoms with Gasteiger partial charge in [-0.25, -0.2) is 5.01 Å². The van der Waals surface area contributed by atoms with Crippen LogP contribution in [0.3, 0.4) is 0 Å². The summed E-state index contributed by atoms with van der Waals surface area (Å²) < 4.78 is 6.43. The van der Waals surface area contributed by atoms with Crippen molar-refractivity contribution in [2.24, 2.45) is 10.1 Å². The second-order valence-corrected chi connectivity index (χ2v) is 8.53. The molecule has 0 bridgehead atoms. The van der Waals surface area contributed by atoms with Crippen LogP contribution in [-0.2, 0) is 4.79 Å². The number of nitrogens with one attached hydrogen (secondary N) is 1. The number of benzene rings is 3. The quantitative estimate of drug-likeness (QED) is 0.611. The van der Waals surface area contributed by atoms with Crippen LogP contribution in [0.2, 0.25) is 0 Å². The van der Waals surface area contributed by atoms with Gasteiger partial charge in [-0.1, -0.05) is 58.0 Å². The molecule has 0 aromatic heterocycles. The van der Waals surface area contributed by atoms with Gasteiger partial charge in [-0.05, 0) is 35.9 Å². The monoisotopic (exact) mass is 480 g/mol. The third kappa shape index (κ3) is 2.98. The molecule has 3 aromatic carbocycles. The molecule has 1 N–H and O–H groups in total. The van der Waals surface area contributed by atoms with Crippen molar-refractivity contribution in [3.05, 3.63) is 75.2 Å². The number of ether oxygens (including phenoxy) is 1. The summed E-state index contributed by atoms with van der Waals surface area (Å²) in [5, 5.41) is 13.4. The summed E-state index contributed by atoms with van der Waals surface area (Å²) in [4.78, 5) is 18.0. The molecular weight excluding hydrogens is 464 g/mol. The van der Waals surface area contributed by atoms with E-state index in [-0.39, 0.29) is 5.91 Å². The third-order valence-corrected chi connectivity index (χ3v) is 6.24. The Morgan fingerprint density at radius 2 is 1.93 bits per heavy atom. The van der Waals surface area contributed by atoms with Gasteiger partial charge >= 0.3 is 0 Å². The first-order chi connectivity index (χ1) is 14.6. The maximum atomic E-state index is 13.1. The molecule has 0 unspecified atom stereocenters. The zero-order valence-corrected chi connectivity index (χ0v) is 18.6. The van der Waals surface area contributed by atoms with Crippen molar-refractivity contribution < 1.29 is 9.53 Å². The molecular formula is C22H17BrN4O2S. The number of hydrogen-bond donors (Lipinski definition) is 1. The van der Waals surface area contributed by atoms with Gasteiger partial charge in [0.25, 0.3) is 5.91 Å². The summed E-state index contributed by atoms with van der Waals surface area (Å²) in [6.45, 7) is 0. The maximum absolute atomic E-state index is 13.1. The molecule has 0 aliphatic carbocycles. The minimum Gasteiger partial charge on any atom is -0.496 e. The van der Waals surface area contributed by atoms with E-state index in [4.69, 9.17) is 14.8 Å². The van der Waals surface area contributed by atoms with Crippen LogP contribution >= 0.6 is 27.7 Å². The lowest BCUT2D eigenvalue weighted by atomic mass is 10.00. The zero-order chi connectivity index (χ0) is 20.8. The minimum absolute atomic E-state index is 0.189. The van der Waals surface area contributed by atoms with Crippen molar-refractivity contribution in [3.63, 3.8) is 0 Å². The Balaban J connectivity index is 1.83. The van der Waals surface area contributed by atoms with Gasteiger partial charge in [-0.15, -0.1) is 5.10 Å². The van der Waals surface area contributed by atoms with Crippen LogP contribution in [0.5, 0.6) is 5.75 Å². The number of amidine groups is 1. The number of thioether (sulfide) groups is 1. The summed E-state index contributed by atoms with van der Waals surface area (Å²) in [6, 6.07) is 17.7. The van der Waals surface area contributed by atoms with Crippen LogP contribution in [0.15, 0.2) is 69.2 Å². The number of halogens is 1. The fourth-order valence-corrected chi connectivity index (χ4v) is 4.57. The molecule has 2 heterocycles. The highest BCUT2D eigenvalue weighted by molar-refractivity contribution is 9.10. The molecule has 1 amide bonds. The molecule has 6 nitrogen and oxygen atoms in total. The molecule has 0 saturated carbocycles. The molecule has 1 atom stereocenters. The lowest BCUT2D eigenvalue weighted by Gasteiger charge is -2.34. The second-order valence-electron chi connectivity index (χ2n) is 6.82. The fourth-order valence-electron chi connectivity index (χ4n) is 3.84. The second kappa shape index (κ2) is 7.45. The van der Waals surface area contributed by atoms with E-state index in [2.05, 4.69) is 21.2 Å². The number of rotatable bonds is 2. The first kappa shape index (κ1) is 19.1. The number of amides is 1. The third-order valence-electron chi connectivity index (χ3n) is 5.18. The van der Waals surface area contributed by atoms with Crippen molar-refractivity contribution in [1.29, 1.82) is 0 Å². The number of nitrogens with zero attached hydrogens (tertiary/aromatic N) is 3. The van der Waals surface area contributed by atoms with E-state index in [0.29, 0.717) is 10.9 Å². The van der Waals surface area contributed by atoms with Crippen molar-refractivity contribution in [2.45, 2.75) is 6.17 Å². The van der Waals surface area contributed by atoms with E-state index in [0.717, 1.165) is 37.1 Å². The summed E-state index contributed by atoms with van der Waals surface area (Å²) in [6.07, 6.45) is 1.41. The average molecular weight is 481 g/mol. The number of hydrogen-bond acceptors (Lipinski definition) is 6. The zero-order valence-electron chi connectivity index (χ0n) is 16.2. The smallest absolute Gasteiger partial charge is 0.276 e. The van der Waals surface area contributed by atoms with Crippen molar-refractivity contribution in [3.8, 4) is 5.75 Å². The van der Waals surface area contributed by atoms with Gasteiger partial charge in [0, 0.05) is 20.6 Å². The number of hydrazone groups is 1. The normalized spacial score (nSPS) is 17.6. The summed E-state index contributed by atoms with van der Waals surface area (Å²) >= 11 is 4.89. The van der Waals surface area contributed by atoms with E-state index < -0.39 is 6.17 Å². The predicted octanol–water partition coefficient (Wildman–Crippen LogP) is 3.12.